The van der Waals surface area contributed by atoms with Crippen LogP contribution in [0.3, 0.4) is 0 Å². The van der Waals surface area contributed by atoms with Gasteiger partial charge in [-0.2, -0.15) is 0 Å². The van der Waals surface area contributed by atoms with Crippen LogP contribution in [-0.4, -0.2) is 4.57 Å². The maximum absolute atomic E-state index is 3.13. The highest BCUT2D eigenvalue weighted by Crippen LogP contribution is 2.41. The first-order chi connectivity index (χ1) is 27.9. The number of nitrogens with zero attached hydrogens (tertiary/aromatic N) is 1. The van der Waals surface area contributed by atoms with Crippen LogP contribution in [-0.2, 0) is 18.3 Å². The zero-order valence-corrected chi connectivity index (χ0v) is 33.3. The van der Waals surface area contributed by atoms with Crippen molar-refractivity contribution in [1.82, 2.24) is 4.57 Å². The largest absolute Gasteiger partial charge is 0.309 e. The number of benzene rings is 7. The lowest BCUT2D eigenvalue weighted by Gasteiger charge is -2.22. The number of fused-ring (bicyclic) bond motifs is 6. The summed E-state index contributed by atoms with van der Waals surface area (Å²) in [5.74, 6) is 0. The molecule has 1 nitrogen and oxygen atoms in total. The molecule has 0 fully saturated rings. The SMILES string of the molecule is CCC(C)(C)c1ccccc1.CCc1ccc(-c2cccc(-c3ccc4c(c3)c3ccccc3n4-c3ccc4c(c3)-c3ccccc3C4)c2)cc1-c1cc#ccc1. The molecule has 10 rings (SSSR count). The van der Waals surface area contributed by atoms with Crippen molar-refractivity contribution in [3.63, 3.8) is 0 Å². The van der Waals surface area contributed by atoms with Gasteiger partial charge in [0.1, 0.15) is 0 Å². The highest BCUT2D eigenvalue weighted by Gasteiger charge is 2.20. The van der Waals surface area contributed by atoms with E-state index < -0.39 is 0 Å². The van der Waals surface area contributed by atoms with Crippen LogP contribution >= 0.6 is 0 Å². The summed E-state index contributed by atoms with van der Waals surface area (Å²) in [6, 6.07) is 70.3. The van der Waals surface area contributed by atoms with Crippen LogP contribution in [0.1, 0.15) is 56.4 Å². The molecule has 0 N–H and O–H groups in total. The number of aryl methyl sites for hydroxylation is 1. The monoisotopic (exact) mass is 733 g/mol. The van der Waals surface area contributed by atoms with Gasteiger partial charge in [-0.15, -0.1) is 0 Å². The summed E-state index contributed by atoms with van der Waals surface area (Å²) >= 11 is 0. The zero-order chi connectivity index (χ0) is 38.9. The first-order valence-electron chi connectivity index (χ1n) is 20.3. The van der Waals surface area contributed by atoms with Crippen molar-refractivity contribution in [2.24, 2.45) is 0 Å². The standard InChI is InChI=1S/C45H31N.C11H16/c1-2-30-19-20-34(27-41(30)31-11-4-3-5-12-31)32-14-10-15-33(25-32)35-22-24-45-43(28-35)40-17-8-9-18-44(40)46(45)38-23-21-37-26-36-13-6-7-16-39(36)42(37)29-38;1-4-11(2,3)10-8-6-5-7-9-10/h4,6-25,27-29H,2,26H2,1H3;5-9H,4H2,1-3H3. The molecule has 0 amide bonds. The zero-order valence-electron chi connectivity index (χ0n) is 33.3. The van der Waals surface area contributed by atoms with Crippen molar-refractivity contribution in [1.29, 1.82) is 0 Å². The van der Waals surface area contributed by atoms with E-state index in [1.165, 1.54) is 101 Å². The predicted molar refractivity (Wildman–Crippen MR) is 242 cm³/mol. The molecule has 276 valence electrons. The fraction of sp³-hybridized carbons (Fsp3) is 0.143. The fourth-order valence-corrected chi connectivity index (χ4v) is 8.50. The van der Waals surface area contributed by atoms with Crippen molar-refractivity contribution in [3.05, 3.63) is 210 Å². The van der Waals surface area contributed by atoms with Crippen LogP contribution in [0.5, 0.6) is 0 Å². The van der Waals surface area contributed by atoms with Crippen molar-refractivity contribution >= 4 is 21.8 Å². The van der Waals surface area contributed by atoms with Gasteiger partial charge in [0.15, 0.2) is 0 Å². The van der Waals surface area contributed by atoms with Gasteiger partial charge in [0.05, 0.1) is 11.0 Å². The minimum atomic E-state index is 0.335. The second-order valence-electron chi connectivity index (χ2n) is 15.9. The summed E-state index contributed by atoms with van der Waals surface area (Å²) in [5.41, 5.74) is 19.6. The van der Waals surface area contributed by atoms with E-state index in [-0.39, 0.29) is 0 Å². The Hall–Kier alpha value is -6.62. The molecule has 0 aliphatic heterocycles. The maximum atomic E-state index is 3.13. The summed E-state index contributed by atoms with van der Waals surface area (Å²) in [4.78, 5) is 0. The van der Waals surface area contributed by atoms with Gasteiger partial charge in [-0.25, -0.2) is 0 Å². The van der Waals surface area contributed by atoms with E-state index in [2.05, 4.69) is 208 Å². The summed E-state index contributed by atoms with van der Waals surface area (Å²) in [6.45, 7) is 9.01. The quantitative estimate of drug-likeness (QED) is 0.154. The fourth-order valence-electron chi connectivity index (χ4n) is 8.50. The minimum absolute atomic E-state index is 0.335. The highest BCUT2D eigenvalue weighted by atomic mass is 15.0. The minimum Gasteiger partial charge on any atom is -0.309 e. The Morgan fingerprint density at radius 3 is 2.00 bits per heavy atom. The summed E-state index contributed by atoms with van der Waals surface area (Å²) in [6.07, 6.45) is 3.19. The molecule has 1 heteroatoms. The Kier molecular flexibility index (Phi) is 9.57. The van der Waals surface area contributed by atoms with Gasteiger partial charge in [0.25, 0.3) is 0 Å². The van der Waals surface area contributed by atoms with Crippen LogP contribution in [0.25, 0.3) is 72.0 Å². The van der Waals surface area contributed by atoms with Gasteiger partial charge in [0.2, 0.25) is 0 Å². The second kappa shape index (κ2) is 15.1. The summed E-state index contributed by atoms with van der Waals surface area (Å²) in [5, 5.41) is 2.54. The van der Waals surface area contributed by atoms with E-state index in [0.717, 1.165) is 12.8 Å². The Morgan fingerprint density at radius 1 is 0.509 bits per heavy atom. The van der Waals surface area contributed by atoms with Crippen LogP contribution in [0.2, 0.25) is 0 Å². The molecule has 0 saturated heterocycles. The van der Waals surface area contributed by atoms with Gasteiger partial charge in [-0.1, -0.05) is 155 Å². The Morgan fingerprint density at radius 2 is 1.21 bits per heavy atom. The topological polar surface area (TPSA) is 4.93 Å². The van der Waals surface area contributed by atoms with E-state index in [1.807, 2.05) is 12.1 Å². The van der Waals surface area contributed by atoms with Gasteiger partial charge in [0, 0.05) is 16.5 Å². The molecule has 0 radical (unpaired) electrons. The maximum Gasteiger partial charge on any atom is 0.0541 e. The predicted octanol–water partition coefficient (Wildman–Crippen LogP) is 14.9. The van der Waals surface area contributed by atoms with Crippen LogP contribution in [0, 0.1) is 12.1 Å². The normalized spacial score (nSPS) is 11.8. The molecular weight excluding hydrogens is 687 g/mol. The van der Waals surface area contributed by atoms with Gasteiger partial charge >= 0.3 is 0 Å². The van der Waals surface area contributed by atoms with Crippen molar-refractivity contribution < 1.29 is 0 Å². The number of hydrogen-bond donors (Lipinski definition) is 0. The number of hydrogen-bond acceptors (Lipinski definition) is 0. The van der Waals surface area contributed by atoms with E-state index in [9.17, 15) is 0 Å². The summed E-state index contributed by atoms with van der Waals surface area (Å²) < 4.78 is 2.43. The molecule has 0 saturated carbocycles. The van der Waals surface area contributed by atoms with Crippen molar-refractivity contribution in [2.45, 2.75) is 52.4 Å². The molecule has 8 aromatic carbocycles. The average molecular weight is 734 g/mol. The molecular formula is C56H47N. The lowest BCUT2D eigenvalue weighted by molar-refractivity contribution is 0.506. The molecule has 1 heterocycles. The smallest absolute Gasteiger partial charge is 0.0541 e. The second-order valence-corrected chi connectivity index (χ2v) is 15.9. The van der Waals surface area contributed by atoms with Crippen LogP contribution in [0.4, 0.5) is 0 Å². The van der Waals surface area contributed by atoms with Gasteiger partial charge < -0.3 is 4.57 Å². The molecule has 0 unspecified atom stereocenters. The van der Waals surface area contributed by atoms with E-state index in [0.29, 0.717) is 5.41 Å². The molecule has 0 spiro atoms. The van der Waals surface area contributed by atoms with Crippen LogP contribution < -0.4 is 0 Å². The molecule has 0 bridgehead atoms. The van der Waals surface area contributed by atoms with Crippen molar-refractivity contribution in [3.8, 4) is 50.2 Å². The highest BCUT2D eigenvalue weighted by molar-refractivity contribution is 6.10. The third-order valence-electron chi connectivity index (χ3n) is 12.1. The Bertz CT molecular complexity index is 2860. The Balaban J connectivity index is 0.000000335. The van der Waals surface area contributed by atoms with Gasteiger partial charge in [-0.3, -0.25) is 0 Å². The molecule has 1 aromatic heterocycles. The molecule has 1 aliphatic carbocycles. The van der Waals surface area contributed by atoms with E-state index in [4.69, 9.17) is 0 Å². The number of aromatic nitrogens is 1. The molecule has 57 heavy (non-hydrogen) atoms. The summed E-state index contributed by atoms with van der Waals surface area (Å²) in [7, 11) is 0. The first-order valence-corrected chi connectivity index (χ1v) is 20.3. The third-order valence-corrected chi connectivity index (χ3v) is 12.1. The van der Waals surface area contributed by atoms with Crippen molar-refractivity contribution in [2.75, 3.05) is 0 Å². The van der Waals surface area contributed by atoms with Gasteiger partial charge in [-0.05, 0) is 152 Å². The van der Waals surface area contributed by atoms with E-state index >= 15 is 0 Å². The lowest BCUT2D eigenvalue weighted by Crippen LogP contribution is -2.14. The molecule has 1 aliphatic rings. The van der Waals surface area contributed by atoms with E-state index in [1.54, 1.807) is 0 Å². The average Bonchev–Trinajstić information content (AvgIpc) is 3.82. The Labute approximate surface area is 337 Å². The number of para-hydroxylation sites is 1. The third kappa shape index (κ3) is 6.83. The lowest BCUT2D eigenvalue weighted by atomic mass is 9.82. The molecule has 0 atom stereocenters. The first kappa shape index (κ1) is 36.0. The molecule has 9 aromatic rings. The van der Waals surface area contributed by atoms with Crippen LogP contribution in [0.15, 0.2) is 176 Å². The number of rotatable bonds is 7.